The summed E-state index contributed by atoms with van der Waals surface area (Å²) in [6.45, 7) is 9.71. The van der Waals surface area contributed by atoms with Crippen LogP contribution in [0.3, 0.4) is 0 Å². The van der Waals surface area contributed by atoms with Crippen molar-refractivity contribution in [3.63, 3.8) is 0 Å². The minimum atomic E-state index is 0.697. The van der Waals surface area contributed by atoms with Crippen molar-refractivity contribution >= 4 is 17.6 Å². The summed E-state index contributed by atoms with van der Waals surface area (Å²) in [5.74, 6) is 1.83. The summed E-state index contributed by atoms with van der Waals surface area (Å²) in [5.41, 5.74) is 1.02. The molecule has 1 saturated heterocycles. The van der Waals surface area contributed by atoms with Gasteiger partial charge in [-0.3, -0.25) is 4.90 Å². The highest BCUT2D eigenvalue weighted by molar-refractivity contribution is 8.00. The molecule has 1 aliphatic rings. The third-order valence-electron chi connectivity index (χ3n) is 3.02. The van der Waals surface area contributed by atoms with Crippen LogP contribution in [0.15, 0.2) is 6.07 Å². The molecule has 18 heavy (non-hydrogen) atoms. The van der Waals surface area contributed by atoms with Crippen molar-refractivity contribution in [3.8, 4) is 0 Å². The predicted octanol–water partition coefficient (Wildman–Crippen LogP) is 2.15. The van der Waals surface area contributed by atoms with Gasteiger partial charge >= 0.3 is 0 Å². The number of aryl methyl sites for hydroxylation is 1. The highest BCUT2D eigenvalue weighted by atomic mass is 32.2. The molecule has 2 unspecified atom stereocenters. The maximum atomic E-state index is 4.53. The van der Waals surface area contributed by atoms with Crippen LogP contribution in [0.1, 0.15) is 25.4 Å². The van der Waals surface area contributed by atoms with Crippen LogP contribution in [0.4, 0.5) is 5.82 Å². The van der Waals surface area contributed by atoms with Crippen LogP contribution in [0, 0.1) is 6.92 Å². The lowest BCUT2D eigenvalue weighted by atomic mass is 10.3. The predicted molar refractivity (Wildman–Crippen MR) is 78.1 cm³/mol. The van der Waals surface area contributed by atoms with Crippen molar-refractivity contribution < 1.29 is 0 Å². The summed E-state index contributed by atoms with van der Waals surface area (Å²) in [4.78, 5) is 11.5. The standard InChI is InChI=1S/C13H22N4S/c1-9-5-12(14-4)16-13(15-9)8-17-6-10(2)18-11(3)7-17/h5,10-11H,6-8H2,1-4H3,(H,14,15,16). The highest BCUT2D eigenvalue weighted by Crippen LogP contribution is 2.25. The van der Waals surface area contributed by atoms with E-state index in [4.69, 9.17) is 0 Å². The average molecular weight is 266 g/mol. The molecule has 1 N–H and O–H groups in total. The van der Waals surface area contributed by atoms with Gasteiger partial charge in [-0.2, -0.15) is 11.8 Å². The Morgan fingerprint density at radius 1 is 1.33 bits per heavy atom. The van der Waals surface area contributed by atoms with Crippen LogP contribution < -0.4 is 5.32 Å². The Labute approximate surface area is 114 Å². The second-order valence-electron chi connectivity index (χ2n) is 5.01. The van der Waals surface area contributed by atoms with Crippen LogP contribution in [-0.2, 0) is 6.54 Å². The van der Waals surface area contributed by atoms with Gasteiger partial charge in [-0.1, -0.05) is 13.8 Å². The number of thioether (sulfide) groups is 1. The summed E-state index contributed by atoms with van der Waals surface area (Å²) in [7, 11) is 1.90. The minimum absolute atomic E-state index is 0.697. The van der Waals surface area contributed by atoms with Gasteiger partial charge in [0.05, 0.1) is 6.54 Å². The molecule has 0 spiro atoms. The molecule has 1 aromatic heterocycles. The van der Waals surface area contributed by atoms with Crippen molar-refractivity contribution in [2.45, 2.75) is 37.8 Å². The first-order chi connectivity index (χ1) is 8.56. The summed E-state index contributed by atoms with van der Waals surface area (Å²) < 4.78 is 0. The number of nitrogens with one attached hydrogen (secondary N) is 1. The molecule has 2 heterocycles. The van der Waals surface area contributed by atoms with E-state index in [-0.39, 0.29) is 0 Å². The molecule has 0 bridgehead atoms. The summed E-state index contributed by atoms with van der Waals surface area (Å²) in [6.07, 6.45) is 0. The van der Waals surface area contributed by atoms with Crippen molar-refractivity contribution in [3.05, 3.63) is 17.6 Å². The second-order valence-corrected chi connectivity index (χ2v) is 6.89. The zero-order chi connectivity index (χ0) is 13.1. The number of hydrogen-bond acceptors (Lipinski definition) is 5. The van der Waals surface area contributed by atoms with Gasteiger partial charge in [0.1, 0.15) is 11.6 Å². The van der Waals surface area contributed by atoms with E-state index in [1.807, 2.05) is 20.0 Å². The zero-order valence-electron chi connectivity index (χ0n) is 11.6. The number of hydrogen-bond donors (Lipinski definition) is 1. The first kappa shape index (κ1) is 13.6. The van der Waals surface area contributed by atoms with E-state index in [2.05, 4.69) is 45.8 Å². The Hall–Kier alpha value is -0.810. The van der Waals surface area contributed by atoms with Gasteiger partial charge in [-0.05, 0) is 6.92 Å². The molecular formula is C13H22N4S. The average Bonchev–Trinajstić information content (AvgIpc) is 2.26. The highest BCUT2D eigenvalue weighted by Gasteiger charge is 2.22. The molecule has 1 aromatic rings. The van der Waals surface area contributed by atoms with Crippen molar-refractivity contribution in [2.24, 2.45) is 0 Å². The quantitative estimate of drug-likeness (QED) is 0.908. The van der Waals surface area contributed by atoms with E-state index in [0.29, 0.717) is 10.5 Å². The maximum Gasteiger partial charge on any atom is 0.144 e. The van der Waals surface area contributed by atoms with Gasteiger partial charge < -0.3 is 5.32 Å². The van der Waals surface area contributed by atoms with Crippen molar-refractivity contribution in [1.29, 1.82) is 0 Å². The monoisotopic (exact) mass is 266 g/mol. The molecule has 0 aromatic carbocycles. The Morgan fingerprint density at radius 3 is 2.61 bits per heavy atom. The summed E-state index contributed by atoms with van der Waals surface area (Å²) >= 11 is 2.07. The van der Waals surface area contributed by atoms with E-state index in [1.54, 1.807) is 0 Å². The molecule has 0 aliphatic carbocycles. The van der Waals surface area contributed by atoms with Crippen LogP contribution >= 0.6 is 11.8 Å². The molecule has 0 saturated carbocycles. The Kier molecular flexibility index (Phi) is 4.45. The molecule has 100 valence electrons. The van der Waals surface area contributed by atoms with Gasteiger partial charge in [-0.25, -0.2) is 9.97 Å². The molecule has 4 nitrogen and oxygen atoms in total. The summed E-state index contributed by atoms with van der Waals surface area (Å²) in [5, 5.41) is 4.48. The Morgan fingerprint density at radius 2 is 2.00 bits per heavy atom. The molecule has 2 rings (SSSR count). The van der Waals surface area contributed by atoms with Crippen LogP contribution in [0.5, 0.6) is 0 Å². The fourth-order valence-corrected chi connectivity index (χ4v) is 3.83. The van der Waals surface area contributed by atoms with Crippen LogP contribution in [-0.4, -0.2) is 45.5 Å². The number of rotatable bonds is 3. The van der Waals surface area contributed by atoms with E-state index in [1.165, 1.54) is 0 Å². The zero-order valence-corrected chi connectivity index (χ0v) is 12.4. The fraction of sp³-hybridized carbons (Fsp3) is 0.692. The maximum absolute atomic E-state index is 4.53. The van der Waals surface area contributed by atoms with E-state index in [0.717, 1.165) is 37.0 Å². The van der Waals surface area contributed by atoms with Gasteiger partial charge in [0, 0.05) is 42.4 Å². The SMILES string of the molecule is CNc1cc(C)nc(CN2CC(C)SC(C)C2)n1. The molecule has 2 atom stereocenters. The van der Waals surface area contributed by atoms with E-state index >= 15 is 0 Å². The molecule has 5 heteroatoms. The van der Waals surface area contributed by atoms with Gasteiger partial charge in [0.25, 0.3) is 0 Å². The molecule has 0 radical (unpaired) electrons. The third kappa shape index (κ3) is 3.59. The number of anilines is 1. The smallest absolute Gasteiger partial charge is 0.144 e. The first-order valence-corrected chi connectivity index (χ1v) is 7.41. The largest absolute Gasteiger partial charge is 0.373 e. The molecule has 1 fully saturated rings. The lowest BCUT2D eigenvalue weighted by molar-refractivity contribution is 0.256. The summed E-state index contributed by atoms with van der Waals surface area (Å²) in [6, 6.07) is 1.97. The molecular weight excluding hydrogens is 244 g/mol. The third-order valence-corrected chi connectivity index (χ3v) is 4.24. The van der Waals surface area contributed by atoms with E-state index < -0.39 is 0 Å². The Balaban J connectivity index is 2.06. The molecule has 0 amide bonds. The fourth-order valence-electron chi connectivity index (χ4n) is 2.44. The van der Waals surface area contributed by atoms with Crippen molar-refractivity contribution in [2.75, 3.05) is 25.5 Å². The van der Waals surface area contributed by atoms with Crippen molar-refractivity contribution in [1.82, 2.24) is 14.9 Å². The van der Waals surface area contributed by atoms with E-state index in [9.17, 15) is 0 Å². The number of nitrogens with zero attached hydrogens (tertiary/aromatic N) is 3. The second kappa shape index (κ2) is 5.89. The molecule has 1 aliphatic heterocycles. The minimum Gasteiger partial charge on any atom is -0.373 e. The first-order valence-electron chi connectivity index (χ1n) is 6.47. The number of aromatic nitrogens is 2. The van der Waals surface area contributed by atoms with Crippen LogP contribution in [0.25, 0.3) is 0 Å². The lowest BCUT2D eigenvalue weighted by Gasteiger charge is -2.34. The van der Waals surface area contributed by atoms with Gasteiger partial charge in [-0.15, -0.1) is 0 Å². The lowest BCUT2D eigenvalue weighted by Crippen LogP contribution is -2.40. The van der Waals surface area contributed by atoms with Gasteiger partial charge in [0.15, 0.2) is 0 Å². The van der Waals surface area contributed by atoms with Crippen LogP contribution in [0.2, 0.25) is 0 Å². The topological polar surface area (TPSA) is 41.1 Å². The Bertz CT molecular complexity index is 400. The van der Waals surface area contributed by atoms with Gasteiger partial charge in [0.2, 0.25) is 0 Å². The normalized spacial score (nSPS) is 25.1.